The first-order valence-electron chi connectivity index (χ1n) is 7.56. The highest BCUT2D eigenvalue weighted by atomic mass is 19.1. The Kier molecular flexibility index (Phi) is 5.35. The maximum absolute atomic E-state index is 14.3. The number of hydrogen-bond donors (Lipinski definition) is 1. The number of nitrogens with two attached hydrogens (primary N) is 1. The Bertz CT molecular complexity index is 415. The van der Waals surface area contributed by atoms with Crippen LogP contribution in [0.1, 0.15) is 44.6 Å². The van der Waals surface area contributed by atoms with Gasteiger partial charge < -0.3 is 10.6 Å². The van der Waals surface area contributed by atoms with Crippen molar-refractivity contribution in [3.05, 3.63) is 29.3 Å². The van der Waals surface area contributed by atoms with Gasteiger partial charge in [0.05, 0.1) is 0 Å². The Morgan fingerprint density at radius 3 is 2.05 bits per heavy atom. The highest BCUT2D eigenvalue weighted by molar-refractivity contribution is 5.51. The standard InChI is InChI=1S/C16H24F2N2/c1-12(19)9-13-10-14(17)16(15(18)11-13)20-7-5-3-2-4-6-8-20/h10-12H,2-9,19H2,1H3. The van der Waals surface area contributed by atoms with Gasteiger partial charge >= 0.3 is 0 Å². The first kappa shape index (κ1) is 15.2. The number of halogens is 2. The molecule has 0 aliphatic carbocycles. The van der Waals surface area contributed by atoms with Gasteiger partial charge in [-0.2, -0.15) is 0 Å². The van der Waals surface area contributed by atoms with E-state index < -0.39 is 11.6 Å². The highest BCUT2D eigenvalue weighted by Crippen LogP contribution is 2.27. The normalized spacial score (nSPS) is 18.5. The summed E-state index contributed by atoms with van der Waals surface area (Å²) in [5, 5.41) is 0. The third-order valence-electron chi connectivity index (χ3n) is 3.81. The lowest BCUT2D eigenvalue weighted by atomic mass is 10.0. The SMILES string of the molecule is CC(N)Cc1cc(F)c(N2CCCCCCC2)c(F)c1. The molecule has 0 amide bonds. The van der Waals surface area contributed by atoms with E-state index in [1.807, 2.05) is 11.8 Å². The largest absolute Gasteiger partial charge is 0.367 e. The van der Waals surface area contributed by atoms with Gasteiger partial charge in [-0.1, -0.05) is 19.3 Å². The Morgan fingerprint density at radius 1 is 1.05 bits per heavy atom. The molecule has 0 saturated carbocycles. The summed E-state index contributed by atoms with van der Waals surface area (Å²) in [6, 6.07) is 2.77. The van der Waals surface area contributed by atoms with E-state index in [1.165, 1.54) is 18.6 Å². The van der Waals surface area contributed by atoms with E-state index in [0.717, 1.165) is 38.8 Å². The predicted molar refractivity (Wildman–Crippen MR) is 79.0 cm³/mol. The van der Waals surface area contributed by atoms with Gasteiger partial charge in [0.2, 0.25) is 0 Å². The number of nitrogens with zero attached hydrogens (tertiary/aromatic N) is 1. The summed E-state index contributed by atoms with van der Waals surface area (Å²) in [6.07, 6.45) is 6.01. The van der Waals surface area contributed by atoms with Crippen LogP contribution in [0.3, 0.4) is 0 Å². The molecule has 4 heteroatoms. The zero-order valence-electron chi connectivity index (χ0n) is 12.2. The molecule has 1 aliphatic heterocycles. The fourth-order valence-electron chi connectivity index (χ4n) is 2.88. The Morgan fingerprint density at radius 2 is 1.55 bits per heavy atom. The van der Waals surface area contributed by atoms with Crippen LogP contribution >= 0.6 is 0 Å². The smallest absolute Gasteiger partial charge is 0.149 e. The topological polar surface area (TPSA) is 29.3 Å². The van der Waals surface area contributed by atoms with Gasteiger partial charge in [-0.25, -0.2) is 8.78 Å². The third-order valence-corrected chi connectivity index (χ3v) is 3.81. The molecule has 1 atom stereocenters. The van der Waals surface area contributed by atoms with Crippen molar-refractivity contribution in [2.24, 2.45) is 5.73 Å². The molecule has 1 saturated heterocycles. The van der Waals surface area contributed by atoms with E-state index >= 15 is 0 Å². The van der Waals surface area contributed by atoms with Crippen molar-refractivity contribution in [1.29, 1.82) is 0 Å². The van der Waals surface area contributed by atoms with E-state index in [-0.39, 0.29) is 11.7 Å². The Balaban J connectivity index is 2.21. The van der Waals surface area contributed by atoms with Crippen molar-refractivity contribution in [3.8, 4) is 0 Å². The first-order valence-corrected chi connectivity index (χ1v) is 7.56. The lowest BCUT2D eigenvalue weighted by Gasteiger charge is -2.28. The van der Waals surface area contributed by atoms with E-state index in [9.17, 15) is 8.78 Å². The molecular weight excluding hydrogens is 258 g/mol. The van der Waals surface area contributed by atoms with Crippen molar-refractivity contribution >= 4 is 5.69 Å². The van der Waals surface area contributed by atoms with E-state index in [1.54, 1.807) is 0 Å². The van der Waals surface area contributed by atoms with Crippen molar-refractivity contribution in [3.63, 3.8) is 0 Å². The molecule has 0 aromatic heterocycles. The lowest BCUT2D eigenvalue weighted by Crippen LogP contribution is -2.29. The number of anilines is 1. The van der Waals surface area contributed by atoms with E-state index in [4.69, 9.17) is 5.73 Å². The number of rotatable bonds is 3. The van der Waals surface area contributed by atoms with Crippen molar-refractivity contribution < 1.29 is 8.78 Å². The van der Waals surface area contributed by atoms with Crippen LogP contribution in [-0.4, -0.2) is 19.1 Å². The number of hydrogen-bond acceptors (Lipinski definition) is 2. The minimum Gasteiger partial charge on any atom is -0.367 e. The third kappa shape index (κ3) is 3.92. The summed E-state index contributed by atoms with van der Waals surface area (Å²) in [4.78, 5) is 1.86. The molecule has 1 aromatic rings. The fraction of sp³-hybridized carbons (Fsp3) is 0.625. The zero-order chi connectivity index (χ0) is 14.5. The summed E-state index contributed by atoms with van der Waals surface area (Å²) in [5.41, 5.74) is 6.46. The molecule has 0 radical (unpaired) electrons. The summed E-state index contributed by atoms with van der Waals surface area (Å²) in [5.74, 6) is -0.914. The van der Waals surface area contributed by atoms with Crippen molar-refractivity contribution in [2.45, 2.75) is 51.5 Å². The maximum atomic E-state index is 14.3. The van der Waals surface area contributed by atoms with E-state index in [0.29, 0.717) is 12.0 Å². The molecule has 1 aromatic carbocycles. The monoisotopic (exact) mass is 282 g/mol. The van der Waals surface area contributed by atoms with Gasteiger partial charge in [0.1, 0.15) is 17.3 Å². The van der Waals surface area contributed by atoms with Crippen LogP contribution in [0.2, 0.25) is 0 Å². The predicted octanol–water partition coefficient (Wildman–Crippen LogP) is 3.63. The van der Waals surface area contributed by atoms with Crippen LogP contribution in [0, 0.1) is 11.6 Å². The van der Waals surface area contributed by atoms with Gasteiger partial charge in [-0.15, -0.1) is 0 Å². The second-order valence-corrected chi connectivity index (χ2v) is 5.84. The maximum Gasteiger partial charge on any atom is 0.149 e. The molecule has 112 valence electrons. The summed E-state index contributed by atoms with van der Waals surface area (Å²) >= 11 is 0. The summed E-state index contributed by atoms with van der Waals surface area (Å²) in [7, 11) is 0. The summed E-state index contributed by atoms with van der Waals surface area (Å²) in [6.45, 7) is 3.31. The van der Waals surface area contributed by atoms with Gasteiger partial charge in [-0.3, -0.25) is 0 Å². The molecule has 1 heterocycles. The number of benzene rings is 1. The minimum absolute atomic E-state index is 0.0960. The average molecular weight is 282 g/mol. The molecule has 1 unspecified atom stereocenters. The molecule has 0 bridgehead atoms. The van der Waals surface area contributed by atoms with Gasteiger partial charge in [-0.05, 0) is 43.9 Å². The molecule has 1 fully saturated rings. The lowest BCUT2D eigenvalue weighted by molar-refractivity contribution is 0.525. The zero-order valence-corrected chi connectivity index (χ0v) is 12.2. The average Bonchev–Trinajstić information content (AvgIpc) is 2.29. The van der Waals surface area contributed by atoms with Crippen molar-refractivity contribution in [1.82, 2.24) is 0 Å². The van der Waals surface area contributed by atoms with Crippen LogP contribution in [0.25, 0.3) is 0 Å². The molecule has 2 N–H and O–H groups in total. The quantitative estimate of drug-likeness (QED) is 0.917. The van der Waals surface area contributed by atoms with Crippen molar-refractivity contribution in [2.75, 3.05) is 18.0 Å². The molecule has 0 spiro atoms. The van der Waals surface area contributed by atoms with Crippen LogP contribution in [0.4, 0.5) is 14.5 Å². The van der Waals surface area contributed by atoms with Gasteiger partial charge in [0.25, 0.3) is 0 Å². The molecule has 2 nitrogen and oxygen atoms in total. The second kappa shape index (κ2) is 7.02. The first-order chi connectivity index (χ1) is 9.58. The Hall–Kier alpha value is -1.16. The molecular formula is C16H24F2N2. The van der Waals surface area contributed by atoms with E-state index in [2.05, 4.69) is 0 Å². The highest BCUT2D eigenvalue weighted by Gasteiger charge is 2.19. The molecule has 20 heavy (non-hydrogen) atoms. The molecule has 2 rings (SSSR count). The van der Waals surface area contributed by atoms with Crippen LogP contribution in [0.15, 0.2) is 12.1 Å². The van der Waals surface area contributed by atoms with Gasteiger partial charge in [0, 0.05) is 19.1 Å². The van der Waals surface area contributed by atoms with Crippen LogP contribution in [0.5, 0.6) is 0 Å². The van der Waals surface area contributed by atoms with Crippen LogP contribution < -0.4 is 10.6 Å². The minimum atomic E-state index is -0.457. The Labute approximate surface area is 120 Å². The van der Waals surface area contributed by atoms with Gasteiger partial charge in [0.15, 0.2) is 0 Å². The summed E-state index contributed by atoms with van der Waals surface area (Å²) < 4.78 is 28.5. The fourth-order valence-corrected chi connectivity index (χ4v) is 2.88. The molecule has 1 aliphatic rings. The second-order valence-electron chi connectivity index (χ2n) is 5.84. The van der Waals surface area contributed by atoms with Crippen LogP contribution in [-0.2, 0) is 6.42 Å².